The van der Waals surface area contributed by atoms with Crippen molar-refractivity contribution in [2.75, 3.05) is 26.4 Å². The molecule has 3 N–H and O–H groups in total. The zero-order valence-corrected chi connectivity index (χ0v) is 37.9. The van der Waals surface area contributed by atoms with E-state index >= 15 is 0 Å². The van der Waals surface area contributed by atoms with Crippen LogP contribution in [0.2, 0.25) is 0 Å². The number of nitrogens with one attached hydrogen (secondary N) is 1. The average molecular weight is 836 g/mol. The maximum absolute atomic E-state index is 12.1. The number of ether oxygens (including phenoxy) is 1. The molecule has 0 aliphatic carbocycles. The summed E-state index contributed by atoms with van der Waals surface area (Å²) in [5.41, 5.74) is 0. The van der Waals surface area contributed by atoms with Crippen LogP contribution in [0.15, 0.2) is 60.8 Å². The van der Waals surface area contributed by atoms with Gasteiger partial charge in [0.05, 0.1) is 13.2 Å². The molecule has 336 valence electrons. The van der Waals surface area contributed by atoms with Crippen molar-refractivity contribution in [3.63, 3.8) is 0 Å². The number of amides is 1. The van der Waals surface area contributed by atoms with Crippen LogP contribution in [0.25, 0.3) is 0 Å². The van der Waals surface area contributed by atoms with E-state index in [4.69, 9.17) is 13.8 Å². The molecule has 0 radical (unpaired) electrons. The lowest BCUT2D eigenvalue weighted by molar-refractivity contribution is -0.147. The molecule has 0 spiro atoms. The summed E-state index contributed by atoms with van der Waals surface area (Å²) < 4.78 is 26.9. The van der Waals surface area contributed by atoms with Crippen molar-refractivity contribution in [1.82, 2.24) is 5.32 Å². The van der Waals surface area contributed by atoms with E-state index in [-0.39, 0.29) is 32.1 Å². The van der Waals surface area contributed by atoms with Gasteiger partial charge in [-0.05, 0) is 57.8 Å². The van der Waals surface area contributed by atoms with E-state index < -0.39 is 26.5 Å². The fourth-order valence-electron chi connectivity index (χ4n) is 6.23. The van der Waals surface area contributed by atoms with Crippen LogP contribution in [0, 0.1) is 0 Å². The highest BCUT2D eigenvalue weighted by molar-refractivity contribution is 7.47. The summed E-state index contributed by atoms with van der Waals surface area (Å²) >= 11 is 0. The molecule has 2 unspecified atom stereocenters. The molecule has 9 nitrogen and oxygen atoms in total. The van der Waals surface area contributed by atoms with E-state index in [1.54, 1.807) is 0 Å². The molecule has 1 amide bonds. The van der Waals surface area contributed by atoms with E-state index in [9.17, 15) is 24.2 Å². The van der Waals surface area contributed by atoms with E-state index in [1.165, 1.54) is 83.5 Å². The number of aliphatic hydroxyl groups is 1. The molecule has 0 aromatic rings. The topological polar surface area (TPSA) is 131 Å². The predicted octanol–water partition coefficient (Wildman–Crippen LogP) is 13.3. The van der Waals surface area contributed by atoms with Gasteiger partial charge in [0.25, 0.3) is 0 Å². The van der Waals surface area contributed by atoms with Crippen molar-refractivity contribution < 1.29 is 37.9 Å². The van der Waals surface area contributed by atoms with Gasteiger partial charge in [-0.1, -0.05) is 190 Å². The minimum Gasteiger partial charge on any atom is -0.463 e. The summed E-state index contributed by atoms with van der Waals surface area (Å²) in [5, 5.41) is 12.7. The Balaban J connectivity index is 3.62. The van der Waals surface area contributed by atoms with Gasteiger partial charge in [0.2, 0.25) is 5.91 Å². The molecular formula is C48H86NO8P. The fourth-order valence-corrected chi connectivity index (χ4v) is 6.99. The van der Waals surface area contributed by atoms with Crippen molar-refractivity contribution in [2.45, 2.75) is 206 Å². The van der Waals surface area contributed by atoms with Gasteiger partial charge in [0.1, 0.15) is 12.7 Å². The van der Waals surface area contributed by atoms with Gasteiger partial charge in [-0.2, -0.15) is 0 Å². The first-order valence-electron chi connectivity index (χ1n) is 23.3. The van der Waals surface area contributed by atoms with Gasteiger partial charge in [0.15, 0.2) is 0 Å². The van der Waals surface area contributed by atoms with Gasteiger partial charge < -0.3 is 20.1 Å². The highest BCUT2D eigenvalue weighted by atomic mass is 31.2. The van der Waals surface area contributed by atoms with Crippen LogP contribution in [0.4, 0.5) is 0 Å². The summed E-state index contributed by atoms with van der Waals surface area (Å²) in [6.45, 7) is 3.43. The lowest BCUT2D eigenvalue weighted by Crippen LogP contribution is -2.27. The predicted molar refractivity (Wildman–Crippen MR) is 243 cm³/mol. The number of phosphoric acid groups is 1. The van der Waals surface area contributed by atoms with Crippen LogP contribution in [0.1, 0.15) is 200 Å². The number of hydrogen-bond donors (Lipinski definition) is 3. The van der Waals surface area contributed by atoms with Gasteiger partial charge in [0, 0.05) is 19.4 Å². The fraction of sp³-hybridized carbons (Fsp3) is 0.750. The first-order chi connectivity index (χ1) is 28.3. The third-order valence-electron chi connectivity index (χ3n) is 9.71. The van der Waals surface area contributed by atoms with Crippen LogP contribution in [-0.2, 0) is 27.9 Å². The maximum Gasteiger partial charge on any atom is 0.472 e. The van der Waals surface area contributed by atoms with E-state index in [0.29, 0.717) is 6.42 Å². The second-order valence-corrected chi connectivity index (χ2v) is 16.8. The molecule has 0 aliphatic rings. The van der Waals surface area contributed by atoms with E-state index in [0.717, 1.165) is 89.9 Å². The highest BCUT2D eigenvalue weighted by Crippen LogP contribution is 2.42. The zero-order chi connectivity index (χ0) is 42.5. The number of unbranched alkanes of at least 4 members (excludes halogenated alkanes) is 20. The number of phosphoric ester groups is 1. The molecule has 2 atom stereocenters. The Morgan fingerprint density at radius 2 is 0.983 bits per heavy atom. The van der Waals surface area contributed by atoms with Crippen LogP contribution in [0.5, 0.6) is 0 Å². The molecule has 0 heterocycles. The Kier molecular flexibility index (Phi) is 42.5. The smallest absolute Gasteiger partial charge is 0.463 e. The van der Waals surface area contributed by atoms with E-state index in [2.05, 4.69) is 79.9 Å². The number of carbonyl (C=O) groups is 2. The van der Waals surface area contributed by atoms with Crippen LogP contribution < -0.4 is 5.32 Å². The summed E-state index contributed by atoms with van der Waals surface area (Å²) in [6.07, 6.45) is 52.9. The lowest BCUT2D eigenvalue weighted by Gasteiger charge is -2.15. The molecule has 10 heteroatoms. The molecule has 58 heavy (non-hydrogen) atoms. The first kappa shape index (κ1) is 55.7. The Labute approximate surface area is 355 Å². The zero-order valence-electron chi connectivity index (χ0n) is 37.0. The Morgan fingerprint density at radius 3 is 1.48 bits per heavy atom. The molecule has 0 aliphatic heterocycles. The van der Waals surface area contributed by atoms with Crippen LogP contribution in [0.3, 0.4) is 0 Å². The molecule has 0 aromatic heterocycles. The standard InChI is InChI=1S/C48H86NO8P/c1-3-5-7-9-11-13-15-17-19-21-22-23-24-25-26-28-30-32-34-36-38-40-47(51)49-42-43-56-58(53,54)57-45-46(50)44-55-48(52)41-39-37-35-33-31-29-27-20-18-16-14-12-10-8-6-4-2/h5,7,11,13,17,19,22-23,25-26,46,50H,3-4,6,8-10,12,14-16,18,20-21,24,27-45H2,1-2H3,(H,49,51)(H,53,54)/b7-5-,13-11-,19-17-,23-22-,26-25-. The minimum absolute atomic E-state index is 0.0690. The second kappa shape index (κ2) is 44.3. The van der Waals surface area contributed by atoms with Gasteiger partial charge >= 0.3 is 13.8 Å². The number of rotatable bonds is 43. The molecule has 0 rings (SSSR count). The quantitative estimate of drug-likeness (QED) is 0.0239. The molecular weight excluding hydrogens is 750 g/mol. The number of carbonyl (C=O) groups excluding carboxylic acids is 2. The Bertz CT molecular complexity index is 1130. The second-order valence-electron chi connectivity index (χ2n) is 15.4. The summed E-state index contributed by atoms with van der Waals surface area (Å²) in [7, 11) is -4.43. The SMILES string of the molecule is CC/C=C\C/C=C\C/C=C\C/C=C\C/C=C\CCCCCCCC(=O)NCCOP(=O)(O)OCC(O)COC(=O)CCCCCCCCCCCCCCCCCC. The van der Waals surface area contributed by atoms with Gasteiger partial charge in [-0.25, -0.2) is 4.57 Å². The number of allylic oxidation sites excluding steroid dienone is 10. The number of aliphatic hydroxyl groups excluding tert-OH is 1. The Hall–Kier alpha value is -2.29. The summed E-state index contributed by atoms with van der Waals surface area (Å²) in [6, 6.07) is 0. The molecule has 0 bridgehead atoms. The minimum atomic E-state index is -4.43. The van der Waals surface area contributed by atoms with Crippen molar-refractivity contribution in [1.29, 1.82) is 0 Å². The summed E-state index contributed by atoms with van der Waals surface area (Å²) in [4.78, 5) is 34.0. The lowest BCUT2D eigenvalue weighted by atomic mass is 10.0. The number of esters is 1. The molecule has 0 fully saturated rings. The largest absolute Gasteiger partial charge is 0.472 e. The highest BCUT2D eigenvalue weighted by Gasteiger charge is 2.23. The van der Waals surface area contributed by atoms with Crippen molar-refractivity contribution in [3.05, 3.63) is 60.8 Å². The Morgan fingerprint density at radius 1 is 0.552 bits per heavy atom. The molecule has 0 aromatic carbocycles. The van der Waals surface area contributed by atoms with Gasteiger partial charge in [-0.15, -0.1) is 0 Å². The van der Waals surface area contributed by atoms with Crippen molar-refractivity contribution in [2.24, 2.45) is 0 Å². The van der Waals surface area contributed by atoms with Gasteiger partial charge in [-0.3, -0.25) is 18.6 Å². The van der Waals surface area contributed by atoms with E-state index in [1.807, 2.05) is 0 Å². The molecule has 0 saturated heterocycles. The third kappa shape index (κ3) is 44.8. The number of hydrogen-bond acceptors (Lipinski definition) is 7. The van der Waals surface area contributed by atoms with Crippen LogP contribution in [-0.4, -0.2) is 54.3 Å². The first-order valence-corrected chi connectivity index (χ1v) is 24.8. The monoisotopic (exact) mass is 836 g/mol. The normalized spacial score (nSPS) is 13.8. The third-order valence-corrected chi connectivity index (χ3v) is 10.7. The summed E-state index contributed by atoms with van der Waals surface area (Å²) in [5.74, 6) is -0.534. The van der Waals surface area contributed by atoms with Crippen molar-refractivity contribution >= 4 is 19.7 Å². The van der Waals surface area contributed by atoms with Crippen molar-refractivity contribution in [3.8, 4) is 0 Å². The maximum atomic E-state index is 12.1. The molecule has 0 saturated carbocycles. The van der Waals surface area contributed by atoms with Crippen LogP contribution >= 0.6 is 7.82 Å². The average Bonchev–Trinajstić information content (AvgIpc) is 3.21.